The van der Waals surface area contributed by atoms with Crippen molar-refractivity contribution < 1.29 is 13.2 Å². The van der Waals surface area contributed by atoms with Gasteiger partial charge in [0.05, 0.1) is 16.3 Å². The first-order valence-corrected chi connectivity index (χ1v) is 16.4. The van der Waals surface area contributed by atoms with Crippen LogP contribution in [0, 0.1) is 0 Å². The summed E-state index contributed by atoms with van der Waals surface area (Å²) in [6.07, 6.45) is 7.04. The van der Waals surface area contributed by atoms with Crippen LogP contribution >= 0.6 is 0 Å². The van der Waals surface area contributed by atoms with Gasteiger partial charge in [-0.3, -0.25) is 19.4 Å². The molecule has 0 bridgehead atoms. The molecular formula is C31H39N5O3S. The highest BCUT2D eigenvalue weighted by Gasteiger charge is 2.41. The van der Waals surface area contributed by atoms with Crippen molar-refractivity contribution in [2.45, 2.75) is 93.9 Å². The van der Waals surface area contributed by atoms with Crippen LogP contribution in [0.15, 0.2) is 47.5 Å². The smallest absolute Gasteiger partial charge is 0.223 e. The minimum Gasteiger partial charge on any atom is -0.341 e. The molecule has 3 aliphatic rings. The number of likely N-dealkylation sites (tertiary alicyclic amines) is 1. The summed E-state index contributed by atoms with van der Waals surface area (Å²) in [7, 11) is -3.29. The van der Waals surface area contributed by atoms with Gasteiger partial charge in [0.2, 0.25) is 5.91 Å². The van der Waals surface area contributed by atoms with E-state index in [9.17, 15) is 13.2 Å². The minimum absolute atomic E-state index is 0.0418. The van der Waals surface area contributed by atoms with Crippen LogP contribution < -0.4 is 0 Å². The molecular weight excluding hydrogens is 522 g/mol. The first kappa shape index (κ1) is 27.1. The average Bonchev–Trinajstić information content (AvgIpc) is 3.90. The molecule has 40 heavy (non-hydrogen) atoms. The number of aromatic nitrogens is 4. The Bertz CT molecular complexity index is 1490. The first-order chi connectivity index (χ1) is 19.2. The fraction of sp³-hybridized carbons (Fsp3) is 0.548. The number of carbonyl (C=O) groups excluding carboxylic acids is 1. The third kappa shape index (κ3) is 5.57. The van der Waals surface area contributed by atoms with Crippen LogP contribution in [-0.4, -0.2) is 57.8 Å². The van der Waals surface area contributed by atoms with Gasteiger partial charge in [-0.05, 0) is 76.3 Å². The van der Waals surface area contributed by atoms with E-state index in [1.165, 1.54) is 49.0 Å². The Morgan fingerprint density at radius 2 is 1.68 bits per heavy atom. The van der Waals surface area contributed by atoms with Crippen molar-refractivity contribution in [2.24, 2.45) is 0 Å². The van der Waals surface area contributed by atoms with E-state index >= 15 is 0 Å². The second kappa shape index (κ2) is 10.7. The summed E-state index contributed by atoms with van der Waals surface area (Å²) in [6, 6.07) is 12.2. The van der Waals surface area contributed by atoms with Crippen LogP contribution in [0.2, 0.25) is 0 Å². The standard InChI is InChI=1S/C31H39N5O3S/c1-4-40(38,39)24-14-12-23(32-17-24)13-15-31(37)35-18-25(28-7-5-6-27(33-28)21-8-9-21)26(19-35)30-16-29(22-10-11-22)34-36(30)20(2)3/h5-7,12,14,16-17,20-22,25-26H,4,8-11,13,15,18-19H2,1-3H3. The molecule has 9 heteroatoms. The Morgan fingerprint density at radius 1 is 0.975 bits per heavy atom. The van der Waals surface area contributed by atoms with Gasteiger partial charge in [0.15, 0.2) is 9.84 Å². The Hall–Kier alpha value is -3.07. The number of rotatable bonds is 10. The van der Waals surface area contributed by atoms with Gasteiger partial charge in [-0.25, -0.2) is 8.42 Å². The van der Waals surface area contributed by atoms with E-state index in [-0.39, 0.29) is 34.4 Å². The zero-order valence-corrected chi connectivity index (χ0v) is 24.5. The van der Waals surface area contributed by atoms with Gasteiger partial charge >= 0.3 is 0 Å². The lowest BCUT2D eigenvalue weighted by Crippen LogP contribution is -2.29. The SMILES string of the molecule is CCS(=O)(=O)c1ccc(CCC(=O)N2CC(c3cccc(C4CC4)n3)C(c3cc(C4CC4)nn3C(C)C)C2)nc1. The molecule has 4 heterocycles. The molecule has 2 unspecified atom stereocenters. The van der Waals surface area contributed by atoms with Crippen LogP contribution in [0.25, 0.3) is 0 Å². The zero-order valence-electron chi connectivity index (χ0n) is 23.7. The van der Waals surface area contributed by atoms with Gasteiger partial charge in [-0.15, -0.1) is 0 Å². The quantitative estimate of drug-likeness (QED) is 0.340. The number of nitrogens with zero attached hydrogens (tertiary/aromatic N) is 5. The molecule has 212 valence electrons. The molecule has 3 aromatic rings. The Labute approximate surface area is 237 Å². The molecule has 1 amide bonds. The van der Waals surface area contributed by atoms with Gasteiger partial charge in [0.1, 0.15) is 0 Å². The zero-order chi connectivity index (χ0) is 28.0. The summed E-state index contributed by atoms with van der Waals surface area (Å²) >= 11 is 0. The maximum Gasteiger partial charge on any atom is 0.223 e. The number of carbonyl (C=O) groups is 1. The molecule has 2 saturated carbocycles. The maximum atomic E-state index is 13.5. The van der Waals surface area contributed by atoms with Gasteiger partial charge in [0, 0.05) is 78.2 Å². The highest BCUT2D eigenvalue weighted by atomic mass is 32.2. The normalized spacial score (nSPS) is 21.4. The van der Waals surface area contributed by atoms with E-state index < -0.39 is 9.84 Å². The number of pyridine rings is 2. The monoisotopic (exact) mass is 561 g/mol. The number of aryl methyl sites for hydroxylation is 1. The fourth-order valence-corrected chi connectivity index (χ4v) is 6.71. The van der Waals surface area contributed by atoms with Crippen molar-refractivity contribution in [2.75, 3.05) is 18.8 Å². The van der Waals surface area contributed by atoms with Crippen LogP contribution in [0.5, 0.6) is 0 Å². The van der Waals surface area contributed by atoms with Crippen molar-refractivity contribution in [1.82, 2.24) is 24.6 Å². The van der Waals surface area contributed by atoms with Gasteiger partial charge in [-0.2, -0.15) is 5.10 Å². The fourth-order valence-electron chi connectivity index (χ4n) is 5.89. The Kier molecular flexibility index (Phi) is 7.27. The predicted molar refractivity (Wildman–Crippen MR) is 153 cm³/mol. The number of amides is 1. The van der Waals surface area contributed by atoms with Crippen LogP contribution in [-0.2, 0) is 21.1 Å². The lowest BCUT2D eigenvalue weighted by molar-refractivity contribution is -0.130. The molecule has 3 fully saturated rings. The topological polar surface area (TPSA) is 98.0 Å². The van der Waals surface area contributed by atoms with Gasteiger partial charge < -0.3 is 4.90 Å². The summed E-state index contributed by atoms with van der Waals surface area (Å²) in [5.74, 6) is 1.52. The molecule has 0 spiro atoms. The summed E-state index contributed by atoms with van der Waals surface area (Å²) in [4.78, 5) is 25.2. The summed E-state index contributed by atoms with van der Waals surface area (Å²) in [6.45, 7) is 7.25. The highest BCUT2D eigenvalue weighted by molar-refractivity contribution is 7.91. The van der Waals surface area contributed by atoms with Crippen LogP contribution in [0.3, 0.4) is 0 Å². The van der Waals surface area contributed by atoms with Crippen molar-refractivity contribution in [3.05, 3.63) is 71.1 Å². The third-order valence-electron chi connectivity index (χ3n) is 8.62. The minimum atomic E-state index is -3.29. The molecule has 6 rings (SSSR count). The average molecular weight is 562 g/mol. The molecule has 0 radical (unpaired) electrons. The number of hydrogen-bond donors (Lipinski definition) is 0. The molecule has 2 aliphatic carbocycles. The summed E-state index contributed by atoms with van der Waals surface area (Å²) < 4.78 is 26.4. The largest absolute Gasteiger partial charge is 0.341 e. The molecule has 8 nitrogen and oxygen atoms in total. The molecule has 0 N–H and O–H groups in total. The van der Waals surface area contributed by atoms with E-state index in [0.717, 1.165) is 11.4 Å². The van der Waals surface area contributed by atoms with E-state index in [4.69, 9.17) is 10.1 Å². The van der Waals surface area contributed by atoms with Crippen molar-refractivity contribution in [3.8, 4) is 0 Å². The van der Waals surface area contributed by atoms with Crippen molar-refractivity contribution in [3.63, 3.8) is 0 Å². The molecule has 1 saturated heterocycles. The Balaban J connectivity index is 1.23. The van der Waals surface area contributed by atoms with Gasteiger partial charge in [0.25, 0.3) is 0 Å². The van der Waals surface area contributed by atoms with Gasteiger partial charge in [-0.1, -0.05) is 13.0 Å². The summed E-state index contributed by atoms with van der Waals surface area (Å²) in [5.41, 5.74) is 5.37. The third-order valence-corrected chi connectivity index (χ3v) is 10.3. The van der Waals surface area contributed by atoms with Crippen LogP contribution in [0.1, 0.15) is 111 Å². The maximum absolute atomic E-state index is 13.5. The lowest BCUT2D eigenvalue weighted by atomic mass is 9.89. The van der Waals surface area contributed by atoms with E-state index in [0.29, 0.717) is 37.8 Å². The van der Waals surface area contributed by atoms with Crippen molar-refractivity contribution in [1.29, 1.82) is 0 Å². The lowest BCUT2D eigenvalue weighted by Gasteiger charge is -2.21. The highest BCUT2D eigenvalue weighted by Crippen LogP contribution is 2.45. The first-order valence-electron chi connectivity index (χ1n) is 14.7. The second-order valence-corrected chi connectivity index (χ2v) is 14.2. The van der Waals surface area contributed by atoms with Crippen LogP contribution in [0.4, 0.5) is 0 Å². The summed E-state index contributed by atoms with van der Waals surface area (Å²) in [5, 5.41) is 5.02. The van der Waals surface area contributed by atoms with E-state index in [1.54, 1.807) is 19.1 Å². The molecule has 1 aliphatic heterocycles. The second-order valence-electron chi connectivity index (χ2n) is 12.0. The Morgan fingerprint density at radius 3 is 2.33 bits per heavy atom. The van der Waals surface area contributed by atoms with E-state index in [1.807, 2.05) is 4.90 Å². The number of sulfone groups is 1. The number of hydrogen-bond acceptors (Lipinski definition) is 6. The molecule has 3 aromatic heterocycles. The van der Waals surface area contributed by atoms with Crippen molar-refractivity contribution >= 4 is 15.7 Å². The molecule has 0 aromatic carbocycles. The molecule has 2 atom stereocenters. The predicted octanol–water partition coefficient (Wildman–Crippen LogP) is 5.14. The van der Waals surface area contributed by atoms with E-state index in [2.05, 4.69) is 47.8 Å².